The molecule has 1 heterocycles. The first-order valence-corrected chi connectivity index (χ1v) is 4.79. The number of carbonyl (C=O) groups is 1. The lowest BCUT2D eigenvalue weighted by Crippen LogP contribution is -2.42. The van der Waals surface area contributed by atoms with Gasteiger partial charge in [0.25, 0.3) is 0 Å². The maximum atomic E-state index is 11.4. The molecule has 1 rings (SSSR count). The fourth-order valence-electron chi connectivity index (χ4n) is 1.28. The van der Waals surface area contributed by atoms with E-state index < -0.39 is 0 Å². The van der Waals surface area contributed by atoms with Crippen molar-refractivity contribution in [3.05, 3.63) is 0 Å². The average molecular weight is 170 g/mol. The van der Waals surface area contributed by atoms with E-state index in [1.165, 1.54) is 12.8 Å². The van der Waals surface area contributed by atoms with Crippen molar-refractivity contribution in [2.75, 3.05) is 13.1 Å². The lowest BCUT2D eigenvalue weighted by Gasteiger charge is -2.18. The molecule has 1 unspecified atom stereocenters. The lowest BCUT2D eigenvalue weighted by atomic mass is 10.1. The van der Waals surface area contributed by atoms with Crippen molar-refractivity contribution < 1.29 is 4.79 Å². The zero-order valence-corrected chi connectivity index (χ0v) is 7.97. The highest BCUT2D eigenvalue weighted by Gasteiger charge is 2.16. The van der Waals surface area contributed by atoms with Crippen molar-refractivity contribution in [3.63, 3.8) is 0 Å². The molecule has 1 aliphatic rings. The van der Waals surface area contributed by atoms with Crippen molar-refractivity contribution in [1.82, 2.24) is 10.4 Å². The number of nitrogens with one attached hydrogen (secondary N) is 1. The zero-order chi connectivity index (χ0) is 8.97. The third-order valence-electron chi connectivity index (χ3n) is 2.43. The standard InChI is InChI=1S/C9H18N2O/c1-3-8(2)9(12)10-11-6-4-5-7-11/h8H,3-7H2,1-2H3,(H,10,12). The Morgan fingerprint density at radius 2 is 2.08 bits per heavy atom. The van der Waals surface area contributed by atoms with E-state index in [9.17, 15) is 4.79 Å². The van der Waals surface area contributed by atoms with E-state index in [2.05, 4.69) is 5.43 Å². The average Bonchev–Trinajstić information content (AvgIpc) is 2.55. The first-order valence-electron chi connectivity index (χ1n) is 4.79. The first kappa shape index (κ1) is 9.52. The molecule has 0 saturated carbocycles. The van der Waals surface area contributed by atoms with Gasteiger partial charge in [0.1, 0.15) is 0 Å². The summed E-state index contributed by atoms with van der Waals surface area (Å²) in [5, 5.41) is 2.02. The third kappa shape index (κ3) is 2.48. The Morgan fingerprint density at radius 1 is 1.50 bits per heavy atom. The Hall–Kier alpha value is -0.570. The summed E-state index contributed by atoms with van der Waals surface area (Å²) in [5.74, 6) is 0.310. The molecule has 0 aromatic carbocycles. The molecule has 0 aromatic rings. The van der Waals surface area contributed by atoms with E-state index in [1.54, 1.807) is 0 Å². The fourth-order valence-corrected chi connectivity index (χ4v) is 1.28. The first-order chi connectivity index (χ1) is 5.74. The van der Waals surface area contributed by atoms with Crippen LogP contribution in [0.2, 0.25) is 0 Å². The Morgan fingerprint density at radius 3 is 2.58 bits per heavy atom. The van der Waals surface area contributed by atoms with Crippen molar-refractivity contribution >= 4 is 5.91 Å². The smallest absolute Gasteiger partial charge is 0.237 e. The summed E-state index contributed by atoms with van der Waals surface area (Å²) in [6.07, 6.45) is 3.33. The van der Waals surface area contributed by atoms with Gasteiger partial charge in [-0.05, 0) is 19.3 Å². The second kappa shape index (κ2) is 4.45. The van der Waals surface area contributed by atoms with E-state index >= 15 is 0 Å². The van der Waals surface area contributed by atoms with Gasteiger partial charge in [-0.15, -0.1) is 0 Å². The molecule has 1 saturated heterocycles. The Balaban J connectivity index is 2.25. The van der Waals surface area contributed by atoms with Crippen LogP contribution in [0.25, 0.3) is 0 Å². The number of nitrogens with zero attached hydrogens (tertiary/aromatic N) is 1. The van der Waals surface area contributed by atoms with Crippen molar-refractivity contribution in [2.45, 2.75) is 33.1 Å². The molecule has 70 valence electrons. The number of amides is 1. The number of hydrogen-bond acceptors (Lipinski definition) is 2. The van der Waals surface area contributed by atoms with Gasteiger partial charge >= 0.3 is 0 Å². The second-order valence-corrected chi connectivity index (χ2v) is 3.48. The van der Waals surface area contributed by atoms with E-state index in [0.717, 1.165) is 19.5 Å². The summed E-state index contributed by atoms with van der Waals surface area (Å²) in [7, 11) is 0. The highest BCUT2D eigenvalue weighted by Crippen LogP contribution is 2.06. The molecule has 1 N–H and O–H groups in total. The summed E-state index contributed by atoms with van der Waals surface area (Å²) in [6.45, 7) is 6.03. The second-order valence-electron chi connectivity index (χ2n) is 3.48. The van der Waals surface area contributed by atoms with E-state index in [1.807, 2.05) is 18.9 Å². The molecule has 3 heteroatoms. The summed E-state index contributed by atoms with van der Waals surface area (Å²) in [5.41, 5.74) is 2.92. The molecule has 0 bridgehead atoms. The van der Waals surface area contributed by atoms with Gasteiger partial charge in [0.15, 0.2) is 0 Å². The highest BCUT2D eigenvalue weighted by molar-refractivity contribution is 5.77. The van der Waals surface area contributed by atoms with Gasteiger partial charge in [-0.25, -0.2) is 5.01 Å². The Bertz CT molecular complexity index is 153. The van der Waals surface area contributed by atoms with Gasteiger partial charge in [0.05, 0.1) is 0 Å². The molecule has 12 heavy (non-hydrogen) atoms. The summed E-state index contributed by atoms with van der Waals surface area (Å²) in [4.78, 5) is 11.4. The normalized spacial score (nSPS) is 20.8. The molecule has 0 aromatic heterocycles. The largest absolute Gasteiger partial charge is 0.289 e. The summed E-state index contributed by atoms with van der Waals surface area (Å²) in [6, 6.07) is 0. The van der Waals surface area contributed by atoms with Crippen molar-refractivity contribution in [2.24, 2.45) is 5.92 Å². The van der Waals surface area contributed by atoms with Crippen molar-refractivity contribution in [3.8, 4) is 0 Å². The van der Waals surface area contributed by atoms with Crippen LogP contribution >= 0.6 is 0 Å². The SMILES string of the molecule is CCC(C)C(=O)NN1CCCC1. The van der Waals surface area contributed by atoms with Crippen LogP contribution in [0.4, 0.5) is 0 Å². The number of hydrazine groups is 1. The molecule has 0 aliphatic carbocycles. The number of carbonyl (C=O) groups excluding carboxylic acids is 1. The Labute approximate surface area is 74.1 Å². The van der Waals surface area contributed by atoms with Crippen LogP contribution in [0.5, 0.6) is 0 Å². The van der Waals surface area contributed by atoms with Crippen LogP contribution in [-0.2, 0) is 4.79 Å². The molecule has 1 amide bonds. The molecule has 1 aliphatic heterocycles. The Kier molecular flexibility index (Phi) is 3.53. The maximum absolute atomic E-state index is 11.4. The molecule has 0 radical (unpaired) electrons. The number of rotatable bonds is 3. The predicted molar refractivity (Wildman–Crippen MR) is 48.4 cm³/mol. The highest BCUT2D eigenvalue weighted by atomic mass is 16.2. The maximum Gasteiger partial charge on any atom is 0.237 e. The third-order valence-corrected chi connectivity index (χ3v) is 2.43. The number of hydrogen-bond donors (Lipinski definition) is 1. The topological polar surface area (TPSA) is 32.3 Å². The quantitative estimate of drug-likeness (QED) is 0.689. The van der Waals surface area contributed by atoms with E-state index in [4.69, 9.17) is 0 Å². The fraction of sp³-hybridized carbons (Fsp3) is 0.889. The molecule has 1 atom stereocenters. The van der Waals surface area contributed by atoms with Gasteiger partial charge in [0, 0.05) is 19.0 Å². The molecule has 1 fully saturated rings. The van der Waals surface area contributed by atoms with Crippen LogP contribution in [0.1, 0.15) is 33.1 Å². The monoisotopic (exact) mass is 170 g/mol. The molecular weight excluding hydrogens is 152 g/mol. The van der Waals surface area contributed by atoms with E-state index in [-0.39, 0.29) is 11.8 Å². The van der Waals surface area contributed by atoms with E-state index in [0.29, 0.717) is 0 Å². The summed E-state index contributed by atoms with van der Waals surface area (Å²) < 4.78 is 0. The zero-order valence-electron chi connectivity index (χ0n) is 7.97. The van der Waals surface area contributed by atoms with Gasteiger partial charge in [0.2, 0.25) is 5.91 Å². The minimum atomic E-state index is 0.144. The lowest BCUT2D eigenvalue weighted by molar-refractivity contribution is -0.129. The summed E-state index contributed by atoms with van der Waals surface area (Å²) >= 11 is 0. The van der Waals surface area contributed by atoms with Gasteiger partial charge in [-0.2, -0.15) is 0 Å². The molecule has 3 nitrogen and oxygen atoms in total. The van der Waals surface area contributed by atoms with Crippen LogP contribution in [0.3, 0.4) is 0 Å². The minimum Gasteiger partial charge on any atom is -0.289 e. The van der Waals surface area contributed by atoms with Gasteiger partial charge in [-0.3, -0.25) is 10.2 Å². The van der Waals surface area contributed by atoms with Crippen LogP contribution in [0.15, 0.2) is 0 Å². The predicted octanol–water partition coefficient (Wildman–Crippen LogP) is 1.16. The minimum absolute atomic E-state index is 0.144. The van der Waals surface area contributed by atoms with Crippen LogP contribution in [0, 0.1) is 5.92 Å². The molecule has 0 spiro atoms. The van der Waals surface area contributed by atoms with Gasteiger partial charge < -0.3 is 0 Å². The molecular formula is C9H18N2O. The van der Waals surface area contributed by atoms with Crippen LogP contribution < -0.4 is 5.43 Å². The van der Waals surface area contributed by atoms with Crippen LogP contribution in [-0.4, -0.2) is 24.0 Å². The van der Waals surface area contributed by atoms with Gasteiger partial charge in [-0.1, -0.05) is 13.8 Å². The van der Waals surface area contributed by atoms with Crippen molar-refractivity contribution in [1.29, 1.82) is 0 Å².